The van der Waals surface area contributed by atoms with Crippen molar-refractivity contribution in [2.75, 3.05) is 13.1 Å². The van der Waals surface area contributed by atoms with Crippen molar-refractivity contribution in [2.45, 2.75) is 50.3 Å². The van der Waals surface area contributed by atoms with Gasteiger partial charge in [0, 0.05) is 31.0 Å². The molecule has 0 saturated heterocycles. The predicted octanol–water partition coefficient (Wildman–Crippen LogP) is 5.88. The minimum Gasteiger partial charge on any atom is -0.465 e. The second-order valence-corrected chi connectivity index (χ2v) is 12.2. The molecule has 3 aromatic carbocycles. The standard InChI is InChI=1S/C29H35ClN2O5S/c1-23(2)17-19-31(38(36,37)27-15-13-26(30)14-16-27)20-18-29(35,21-24-9-5-3-6-10-24)32(28(33)34)22-25-11-7-4-8-12-25/h3-16,23,35H,17-22H2,1-2H3,(H,33,34). The first-order valence-corrected chi connectivity index (χ1v) is 14.4. The zero-order chi connectivity index (χ0) is 27.8. The predicted molar refractivity (Wildman–Crippen MR) is 149 cm³/mol. The van der Waals surface area contributed by atoms with E-state index in [4.69, 9.17) is 11.6 Å². The summed E-state index contributed by atoms with van der Waals surface area (Å²) in [4.78, 5) is 13.6. The van der Waals surface area contributed by atoms with Gasteiger partial charge in [-0.15, -0.1) is 0 Å². The Kier molecular flexibility index (Phi) is 10.3. The summed E-state index contributed by atoms with van der Waals surface area (Å²) in [6.07, 6.45) is -0.796. The maximum Gasteiger partial charge on any atom is 0.409 e. The van der Waals surface area contributed by atoms with E-state index in [2.05, 4.69) is 0 Å². The quantitative estimate of drug-likeness (QED) is 0.255. The maximum absolute atomic E-state index is 13.6. The largest absolute Gasteiger partial charge is 0.465 e. The Bertz CT molecular complexity index is 1270. The summed E-state index contributed by atoms with van der Waals surface area (Å²) in [6, 6.07) is 24.1. The number of rotatable bonds is 13. The Morgan fingerprint density at radius 3 is 1.97 bits per heavy atom. The van der Waals surface area contributed by atoms with Crippen LogP contribution in [0, 0.1) is 5.92 Å². The molecule has 0 heterocycles. The van der Waals surface area contributed by atoms with Gasteiger partial charge in [0.15, 0.2) is 0 Å². The Morgan fingerprint density at radius 1 is 0.895 bits per heavy atom. The molecule has 38 heavy (non-hydrogen) atoms. The highest BCUT2D eigenvalue weighted by molar-refractivity contribution is 7.89. The van der Waals surface area contributed by atoms with Crippen LogP contribution in [0.2, 0.25) is 5.02 Å². The molecule has 204 valence electrons. The fraction of sp³-hybridized carbons (Fsp3) is 0.345. The number of carboxylic acid groups (broad SMARTS) is 1. The van der Waals surface area contributed by atoms with Gasteiger partial charge in [0.05, 0.1) is 11.4 Å². The molecule has 0 radical (unpaired) electrons. The molecule has 1 atom stereocenters. The number of aliphatic hydroxyl groups is 1. The van der Waals surface area contributed by atoms with Gasteiger partial charge in [-0.05, 0) is 47.7 Å². The number of sulfonamides is 1. The van der Waals surface area contributed by atoms with E-state index in [0.717, 1.165) is 10.5 Å². The van der Waals surface area contributed by atoms with E-state index < -0.39 is 21.8 Å². The van der Waals surface area contributed by atoms with Gasteiger partial charge in [0.1, 0.15) is 5.72 Å². The fourth-order valence-electron chi connectivity index (χ4n) is 4.21. The SMILES string of the molecule is CC(C)CCN(CCC(O)(Cc1ccccc1)N(Cc1ccccc1)C(=O)O)S(=O)(=O)c1ccc(Cl)cc1. The first kappa shape index (κ1) is 29.6. The molecular weight excluding hydrogens is 524 g/mol. The second-order valence-electron chi connectivity index (χ2n) is 9.79. The molecule has 0 saturated carbocycles. The van der Waals surface area contributed by atoms with E-state index in [0.29, 0.717) is 17.0 Å². The average molecular weight is 559 g/mol. The van der Waals surface area contributed by atoms with Crippen molar-refractivity contribution < 1.29 is 23.4 Å². The third-order valence-corrected chi connectivity index (χ3v) is 8.58. The summed E-state index contributed by atoms with van der Waals surface area (Å²) in [6.45, 7) is 4.13. The van der Waals surface area contributed by atoms with Crippen molar-refractivity contribution in [2.24, 2.45) is 5.92 Å². The molecule has 0 spiro atoms. The summed E-state index contributed by atoms with van der Waals surface area (Å²) in [5.74, 6) is 0.245. The topological polar surface area (TPSA) is 98.2 Å². The molecule has 0 aliphatic heterocycles. The van der Waals surface area contributed by atoms with Crippen LogP contribution < -0.4 is 0 Å². The van der Waals surface area contributed by atoms with Crippen LogP contribution in [0.4, 0.5) is 4.79 Å². The zero-order valence-electron chi connectivity index (χ0n) is 21.7. The van der Waals surface area contributed by atoms with Crippen LogP contribution >= 0.6 is 11.6 Å². The van der Waals surface area contributed by atoms with Crippen molar-refractivity contribution in [3.63, 3.8) is 0 Å². The lowest BCUT2D eigenvalue weighted by Crippen LogP contribution is -2.54. The van der Waals surface area contributed by atoms with Crippen LogP contribution in [0.3, 0.4) is 0 Å². The molecule has 0 bridgehead atoms. The Morgan fingerprint density at radius 2 is 1.45 bits per heavy atom. The van der Waals surface area contributed by atoms with E-state index >= 15 is 0 Å². The smallest absolute Gasteiger partial charge is 0.409 e. The number of nitrogens with zero attached hydrogens (tertiary/aromatic N) is 2. The Balaban J connectivity index is 1.96. The molecule has 3 rings (SSSR count). The van der Waals surface area contributed by atoms with Gasteiger partial charge in [-0.25, -0.2) is 13.2 Å². The highest BCUT2D eigenvalue weighted by Gasteiger charge is 2.39. The lowest BCUT2D eigenvalue weighted by Gasteiger charge is -2.39. The molecule has 1 unspecified atom stereocenters. The second kappa shape index (κ2) is 13.2. The Labute approximate surface area is 230 Å². The lowest BCUT2D eigenvalue weighted by molar-refractivity contribution is -0.103. The third kappa shape index (κ3) is 8.04. The summed E-state index contributed by atoms with van der Waals surface area (Å²) in [7, 11) is -3.92. The average Bonchev–Trinajstić information content (AvgIpc) is 2.88. The van der Waals surface area contributed by atoms with Gasteiger partial charge in [-0.3, -0.25) is 4.90 Å². The van der Waals surface area contributed by atoms with Crippen LogP contribution in [-0.4, -0.2) is 52.7 Å². The number of hydrogen-bond donors (Lipinski definition) is 2. The van der Waals surface area contributed by atoms with Crippen LogP contribution in [0.15, 0.2) is 89.8 Å². The summed E-state index contributed by atoms with van der Waals surface area (Å²) < 4.78 is 28.5. The molecule has 7 nitrogen and oxygen atoms in total. The van der Waals surface area contributed by atoms with E-state index in [1.165, 1.54) is 28.6 Å². The van der Waals surface area contributed by atoms with Gasteiger partial charge in [0.2, 0.25) is 10.0 Å². The lowest BCUT2D eigenvalue weighted by atomic mass is 9.97. The van der Waals surface area contributed by atoms with Gasteiger partial charge < -0.3 is 10.2 Å². The number of amides is 1. The number of carbonyl (C=O) groups is 1. The highest BCUT2D eigenvalue weighted by Crippen LogP contribution is 2.28. The van der Waals surface area contributed by atoms with Crippen molar-refractivity contribution in [3.05, 3.63) is 101 Å². The number of benzene rings is 3. The van der Waals surface area contributed by atoms with Gasteiger partial charge in [0.25, 0.3) is 0 Å². The zero-order valence-corrected chi connectivity index (χ0v) is 23.3. The fourth-order valence-corrected chi connectivity index (χ4v) is 5.80. The third-order valence-electron chi connectivity index (χ3n) is 6.42. The van der Waals surface area contributed by atoms with Crippen LogP contribution in [0.25, 0.3) is 0 Å². The molecule has 3 aromatic rings. The normalized spacial score (nSPS) is 13.4. The van der Waals surface area contributed by atoms with Crippen molar-refractivity contribution >= 4 is 27.7 Å². The molecule has 1 amide bonds. The van der Waals surface area contributed by atoms with Crippen LogP contribution in [-0.2, 0) is 23.0 Å². The molecular formula is C29H35ClN2O5S. The first-order valence-electron chi connectivity index (χ1n) is 12.6. The minimum absolute atomic E-state index is 0.00594. The van der Waals surface area contributed by atoms with Gasteiger partial charge in [-0.1, -0.05) is 86.1 Å². The molecule has 0 aliphatic carbocycles. The minimum atomic E-state index is -3.92. The molecule has 9 heteroatoms. The van der Waals surface area contributed by atoms with Gasteiger partial charge in [-0.2, -0.15) is 4.31 Å². The van der Waals surface area contributed by atoms with E-state index in [1.807, 2.05) is 50.2 Å². The number of hydrogen-bond acceptors (Lipinski definition) is 4. The summed E-state index contributed by atoms with van der Waals surface area (Å²) in [5, 5.41) is 22.6. The van der Waals surface area contributed by atoms with Crippen LogP contribution in [0.5, 0.6) is 0 Å². The van der Waals surface area contributed by atoms with E-state index in [9.17, 15) is 23.4 Å². The summed E-state index contributed by atoms with van der Waals surface area (Å²) in [5.41, 5.74) is -0.412. The molecule has 0 fully saturated rings. The number of halogens is 1. The van der Waals surface area contributed by atoms with E-state index in [-0.39, 0.29) is 43.3 Å². The first-order chi connectivity index (χ1) is 18.0. The van der Waals surface area contributed by atoms with Crippen molar-refractivity contribution in [1.29, 1.82) is 0 Å². The van der Waals surface area contributed by atoms with Crippen molar-refractivity contribution in [3.8, 4) is 0 Å². The maximum atomic E-state index is 13.6. The van der Waals surface area contributed by atoms with Crippen molar-refractivity contribution in [1.82, 2.24) is 9.21 Å². The highest BCUT2D eigenvalue weighted by atomic mass is 35.5. The molecule has 0 aliphatic rings. The molecule has 2 N–H and O–H groups in total. The monoisotopic (exact) mass is 558 g/mol. The van der Waals surface area contributed by atoms with Crippen LogP contribution in [0.1, 0.15) is 37.8 Å². The Hall–Kier alpha value is -2.91. The summed E-state index contributed by atoms with van der Waals surface area (Å²) >= 11 is 5.97. The van der Waals surface area contributed by atoms with E-state index in [1.54, 1.807) is 24.3 Å². The van der Waals surface area contributed by atoms with Gasteiger partial charge >= 0.3 is 6.09 Å². The molecule has 0 aromatic heterocycles.